The second-order valence-corrected chi connectivity index (χ2v) is 6.31. The van der Waals surface area contributed by atoms with Gasteiger partial charge in [-0.25, -0.2) is 9.97 Å². The standard InChI is InChI=1S/C15H24N4O/c1-10-12(16)18-14(11-3-4-11)19-13(10)17-9-15(5-6-15)7-8-20-2/h11H,3-9H2,1-2H3,(H3,16,17,18,19). The Labute approximate surface area is 120 Å². The molecule has 5 heteroatoms. The normalized spacial score (nSPS) is 19.9. The number of methoxy groups -OCH3 is 1. The van der Waals surface area contributed by atoms with E-state index in [9.17, 15) is 0 Å². The summed E-state index contributed by atoms with van der Waals surface area (Å²) in [6.45, 7) is 3.78. The SMILES string of the molecule is COCCC1(CNc2nc(C3CC3)nc(N)c2C)CC1. The lowest BCUT2D eigenvalue weighted by molar-refractivity contribution is 0.175. The van der Waals surface area contributed by atoms with Crippen molar-refractivity contribution in [2.45, 2.75) is 44.9 Å². The molecule has 0 radical (unpaired) electrons. The van der Waals surface area contributed by atoms with E-state index in [0.717, 1.165) is 36.8 Å². The van der Waals surface area contributed by atoms with Crippen LogP contribution in [0, 0.1) is 12.3 Å². The number of ether oxygens (including phenoxy) is 1. The highest BCUT2D eigenvalue weighted by molar-refractivity contribution is 5.55. The van der Waals surface area contributed by atoms with Gasteiger partial charge in [0.25, 0.3) is 0 Å². The molecule has 0 aliphatic heterocycles. The third-order valence-electron chi connectivity index (χ3n) is 4.57. The molecule has 0 amide bonds. The summed E-state index contributed by atoms with van der Waals surface area (Å²) >= 11 is 0. The summed E-state index contributed by atoms with van der Waals surface area (Å²) in [4.78, 5) is 9.08. The second kappa shape index (κ2) is 5.20. The second-order valence-electron chi connectivity index (χ2n) is 6.31. The van der Waals surface area contributed by atoms with E-state index in [0.29, 0.717) is 17.2 Å². The van der Waals surface area contributed by atoms with Gasteiger partial charge in [-0.05, 0) is 44.4 Å². The summed E-state index contributed by atoms with van der Waals surface area (Å²) in [5.41, 5.74) is 7.39. The van der Waals surface area contributed by atoms with Gasteiger partial charge in [-0.15, -0.1) is 0 Å². The zero-order valence-corrected chi connectivity index (χ0v) is 12.4. The molecule has 2 saturated carbocycles. The Morgan fingerprint density at radius 2 is 2.10 bits per heavy atom. The molecule has 0 spiro atoms. The van der Waals surface area contributed by atoms with E-state index in [-0.39, 0.29) is 0 Å². The lowest BCUT2D eigenvalue weighted by Crippen LogP contribution is -2.19. The monoisotopic (exact) mass is 276 g/mol. The molecule has 110 valence electrons. The Kier molecular flexibility index (Phi) is 3.54. The average Bonchev–Trinajstić information content (AvgIpc) is 3.33. The van der Waals surface area contributed by atoms with Gasteiger partial charge < -0.3 is 15.8 Å². The van der Waals surface area contributed by atoms with E-state index in [1.807, 2.05) is 6.92 Å². The van der Waals surface area contributed by atoms with E-state index in [4.69, 9.17) is 10.5 Å². The van der Waals surface area contributed by atoms with Gasteiger partial charge in [0.15, 0.2) is 0 Å². The molecule has 0 aromatic carbocycles. The molecule has 0 atom stereocenters. The van der Waals surface area contributed by atoms with Crippen LogP contribution in [-0.2, 0) is 4.74 Å². The summed E-state index contributed by atoms with van der Waals surface area (Å²) in [6, 6.07) is 0. The highest BCUT2D eigenvalue weighted by Gasteiger charge is 2.42. The maximum Gasteiger partial charge on any atom is 0.136 e. The molecule has 1 aromatic heterocycles. The number of nitrogen functional groups attached to an aromatic ring is 1. The molecule has 3 rings (SSSR count). The Bertz CT molecular complexity index is 495. The first kappa shape index (κ1) is 13.6. The van der Waals surface area contributed by atoms with Crippen molar-refractivity contribution in [3.05, 3.63) is 11.4 Å². The van der Waals surface area contributed by atoms with Crippen molar-refractivity contribution in [1.82, 2.24) is 9.97 Å². The average molecular weight is 276 g/mol. The molecule has 20 heavy (non-hydrogen) atoms. The fourth-order valence-corrected chi connectivity index (χ4v) is 2.53. The largest absolute Gasteiger partial charge is 0.385 e. The first-order chi connectivity index (χ1) is 9.63. The Balaban J connectivity index is 1.67. The number of hydrogen-bond donors (Lipinski definition) is 2. The molecule has 3 N–H and O–H groups in total. The molecule has 1 aromatic rings. The highest BCUT2D eigenvalue weighted by atomic mass is 16.5. The van der Waals surface area contributed by atoms with E-state index < -0.39 is 0 Å². The predicted octanol–water partition coefficient (Wildman–Crippen LogP) is 2.47. The minimum atomic E-state index is 0.405. The predicted molar refractivity (Wildman–Crippen MR) is 79.8 cm³/mol. The van der Waals surface area contributed by atoms with Crippen molar-refractivity contribution in [2.24, 2.45) is 5.41 Å². The van der Waals surface area contributed by atoms with Gasteiger partial charge in [0.1, 0.15) is 17.5 Å². The molecule has 0 bridgehead atoms. The van der Waals surface area contributed by atoms with E-state index in [1.54, 1.807) is 7.11 Å². The molecule has 2 fully saturated rings. The van der Waals surface area contributed by atoms with Crippen LogP contribution in [0.15, 0.2) is 0 Å². The summed E-state index contributed by atoms with van der Waals surface area (Å²) in [5, 5.41) is 3.50. The maximum atomic E-state index is 6.01. The van der Waals surface area contributed by atoms with Crippen LogP contribution in [-0.4, -0.2) is 30.2 Å². The van der Waals surface area contributed by atoms with Crippen LogP contribution in [0.1, 0.15) is 49.4 Å². The van der Waals surface area contributed by atoms with E-state index in [1.165, 1.54) is 25.7 Å². The maximum absolute atomic E-state index is 6.01. The van der Waals surface area contributed by atoms with E-state index >= 15 is 0 Å². The molecular weight excluding hydrogens is 252 g/mol. The first-order valence-corrected chi connectivity index (χ1v) is 7.50. The molecule has 0 unspecified atom stereocenters. The van der Waals surface area contributed by atoms with Crippen LogP contribution in [0.2, 0.25) is 0 Å². The number of nitrogens with two attached hydrogens (primary N) is 1. The number of rotatable bonds is 7. The van der Waals surface area contributed by atoms with Gasteiger partial charge in [0.05, 0.1) is 0 Å². The van der Waals surface area contributed by atoms with Crippen LogP contribution in [0.4, 0.5) is 11.6 Å². The van der Waals surface area contributed by atoms with Crippen molar-refractivity contribution in [2.75, 3.05) is 31.3 Å². The van der Waals surface area contributed by atoms with Crippen molar-refractivity contribution in [3.8, 4) is 0 Å². The summed E-state index contributed by atoms with van der Waals surface area (Å²) in [5.74, 6) is 2.98. The number of nitrogens with one attached hydrogen (secondary N) is 1. The fraction of sp³-hybridized carbons (Fsp3) is 0.733. The Morgan fingerprint density at radius 1 is 1.35 bits per heavy atom. The summed E-state index contributed by atoms with van der Waals surface area (Å²) in [6.07, 6.45) is 6.06. The number of nitrogens with zero attached hydrogens (tertiary/aromatic N) is 2. The van der Waals surface area contributed by atoms with Crippen LogP contribution in [0.5, 0.6) is 0 Å². The molecule has 2 aliphatic carbocycles. The van der Waals surface area contributed by atoms with Gasteiger partial charge in [0.2, 0.25) is 0 Å². The van der Waals surface area contributed by atoms with Crippen LogP contribution in [0.25, 0.3) is 0 Å². The van der Waals surface area contributed by atoms with Crippen molar-refractivity contribution < 1.29 is 4.74 Å². The molecule has 2 aliphatic rings. The van der Waals surface area contributed by atoms with Crippen LogP contribution in [0.3, 0.4) is 0 Å². The topological polar surface area (TPSA) is 73.1 Å². The van der Waals surface area contributed by atoms with Crippen molar-refractivity contribution >= 4 is 11.6 Å². The lowest BCUT2D eigenvalue weighted by atomic mass is 10.0. The third kappa shape index (κ3) is 2.87. The zero-order valence-electron chi connectivity index (χ0n) is 12.4. The first-order valence-electron chi connectivity index (χ1n) is 7.50. The van der Waals surface area contributed by atoms with Crippen LogP contribution < -0.4 is 11.1 Å². The van der Waals surface area contributed by atoms with E-state index in [2.05, 4.69) is 15.3 Å². The van der Waals surface area contributed by atoms with Gasteiger partial charge in [-0.3, -0.25) is 0 Å². The smallest absolute Gasteiger partial charge is 0.136 e. The van der Waals surface area contributed by atoms with Crippen LogP contribution >= 0.6 is 0 Å². The lowest BCUT2D eigenvalue weighted by Gasteiger charge is -2.18. The summed E-state index contributed by atoms with van der Waals surface area (Å²) in [7, 11) is 1.76. The Morgan fingerprint density at radius 3 is 2.70 bits per heavy atom. The van der Waals surface area contributed by atoms with Gasteiger partial charge in [0, 0.05) is 31.7 Å². The van der Waals surface area contributed by atoms with Crippen molar-refractivity contribution in [1.29, 1.82) is 0 Å². The molecule has 5 nitrogen and oxygen atoms in total. The van der Waals surface area contributed by atoms with Gasteiger partial charge in [-0.2, -0.15) is 0 Å². The third-order valence-corrected chi connectivity index (χ3v) is 4.57. The summed E-state index contributed by atoms with van der Waals surface area (Å²) < 4.78 is 5.20. The minimum Gasteiger partial charge on any atom is -0.385 e. The quantitative estimate of drug-likeness (QED) is 0.800. The van der Waals surface area contributed by atoms with Crippen molar-refractivity contribution in [3.63, 3.8) is 0 Å². The molecule has 1 heterocycles. The fourth-order valence-electron chi connectivity index (χ4n) is 2.53. The van der Waals surface area contributed by atoms with Gasteiger partial charge >= 0.3 is 0 Å². The minimum absolute atomic E-state index is 0.405. The molecular formula is C15H24N4O. The number of hydrogen-bond acceptors (Lipinski definition) is 5. The highest BCUT2D eigenvalue weighted by Crippen LogP contribution is 2.49. The number of anilines is 2. The number of aromatic nitrogens is 2. The molecule has 0 saturated heterocycles. The Hall–Kier alpha value is -1.36. The zero-order chi connectivity index (χ0) is 14.2. The van der Waals surface area contributed by atoms with Gasteiger partial charge in [-0.1, -0.05) is 0 Å².